The molecule has 0 bridgehead atoms. The maximum atomic E-state index is 11.7. The van der Waals surface area contributed by atoms with Crippen molar-refractivity contribution >= 4 is 11.9 Å². The Morgan fingerprint density at radius 2 is 2.00 bits per heavy atom. The third kappa shape index (κ3) is 3.20. The minimum Gasteiger partial charge on any atom is -0.480 e. The molecular formula is C11H19NO4. The predicted octanol–water partition coefficient (Wildman–Crippen LogP) is 0.779. The van der Waals surface area contributed by atoms with E-state index < -0.39 is 18.1 Å². The van der Waals surface area contributed by atoms with Crippen molar-refractivity contribution in [3.8, 4) is 0 Å². The van der Waals surface area contributed by atoms with Gasteiger partial charge in [-0.1, -0.05) is 13.8 Å². The highest BCUT2D eigenvalue weighted by atomic mass is 16.5. The number of hydrogen-bond acceptors (Lipinski definition) is 3. The molecular weight excluding hydrogens is 210 g/mol. The number of hydrogen-bond donors (Lipinski definition) is 2. The second-order valence-corrected chi connectivity index (χ2v) is 4.58. The lowest BCUT2D eigenvalue weighted by Crippen LogP contribution is -2.48. The molecule has 92 valence electrons. The molecule has 1 heterocycles. The van der Waals surface area contributed by atoms with Gasteiger partial charge in [-0.15, -0.1) is 0 Å². The molecule has 0 spiro atoms. The van der Waals surface area contributed by atoms with Crippen LogP contribution < -0.4 is 5.32 Å². The number of amides is 1. The molecule has 1 aliphatic heterocycles. The number of aliphatic carboxylic acids is 1. The van der Waals surface area contributed by atoms with Crippen LogP contribution in [0.15, 0.2) is 0 Å². The van der Waals surface area contributed by atoms with Crippen molar-refractivity contribution in [2.75, 3.05) is 0 Å². The Bertz CT molecular complexity index is 277. The number of carboxylic acid groups (broad SMARTS) is 1. The highest BCUT2D eigenvalue weighted by Gasteiger charge is 2.32. The Balaban J connectivity index is 2.52. The van der Waals surface area contributed by atoms with Gasteiger partial charge in [-0.25, -0.2) is 4.79 Å². The molecule has 5 heteroatoms. The molecule has 0 aliphatic carbocycles. The maximum Gasteiger partial charge on any atom is 0.326 e. The molecule has 1 rings (SSSR count). The van der Waals surface area contributed by atoms with Gasteiger partial charge < -0.3 is 15.2 Å². The van der Waals surface area contributed by atoms with Gasteiger partial charge in [0.1, 0.15) is 12.1 Å². The number of carbonyl (C=O) groups is 2. The Hall–Kier alpha value is -1.10. The summed E-state index contributed by atoms with van der Waals surface area (Å²) in [5.74, 6) is -1.46. The molecule has 5 nitrogen and oxygen atoms in total. The largest absolute Gasteiger partial charge is 0.480 e. The first kappa shape index (κ1) is 13.0. The van der Waals surface area contributed by atoms with Gasteiger partial charge in [0.05, 0.1) is 6.10 Å². The van der Waals surface area contributed by atoms with Crippen LogP contribution in [0.1, 0.15) is 33.6 Å². The van der Waals surface area contributed by atoms with Gasteiger partial charge in [-0.2, -0.15) is 0 Å². The summed E-state index contributed by atoms with van der Waals surface area (Å²) in [6.45, 7) is 5.43. The maximum absolute atomic E-state index is 11.7. The summed E-state index contributed by atoms with van der Waals surface area (Å²) in [5, 5.41) is 11.4. The normalized spacial score (nSPS) is 26.8. The van der Waals surface area contributed by atoms with Crippen molar-refractivity contribution in [2.45, 2.75) is 51.9 Å². The van der Waals surface area contributed by atoms with E-state index in [1.165, 1.54) is 0 Å². The van der Waals surface area contributed by atoms with E-state index in [1.807, 2.05) is 6.92 Å². The van der Waals surface area contributed by atoms with Crippen molar-refractivity contribution in [1.82, 2.24) is 5.32 Å². The van der Waals surface area contributed by atoms with E-state index in [-0.39, 0.29) is 17.9 Å². The van der Waals surface area contributed by atoms with Crippen molar-refractivity contribution in [2.24, 2.45) is 5.92 Å². The number of nitrogens with one attached hydrogen (secondary N) is 1. The van der Waals surface area contributed by atoms with Crippen LogP contribution in [-0.4, -0.2) is 35.2 Å². The van der Waals surface area contributed by atoms with Gasteiger partial charge in [0.2, 0.25) is 5.91 Å². The number of carboxylic acids is 1. The lowest BCUT2D eigenvalue weighted by Gasteiger charge is -2.20. The molecule has 0 aromatic rings. The molecule has 16 heavy (non-hydrogen) atoms. The summed E-state index contributed by atoms with van der Waals surface area (Å²) < 4.78 is 5.38. The van der Waals surface area contributed by atoms with Crippen LogP contribution in [0.2, 0.25) is 0 Å². The zero-order valence-electron chi connectivity index (χ0n) is 9.90. The third-order valence-electron chi connectivity index (χ3n) is 2.75. The molecule has 2 N–H and O–H groups in total. The van der Waals surface area contributed by atoms with Crippen LogP contribution in [0.3, 0.4) is 0 Å². The SMILES string of the molecule is CC1CCC(C(=O)NC(C(=O)O)C(C)C)O1. The van der Waals surface area contributed by atoms with E-state index in [2.05, 4.69) is 5.32 Å². The second kappa shape index (κ2) is 5.30. The van der Waals surface area contributed by atoms with Gasteiger partial charge in [0.15, 0.2) is 0 Å². The predicted molar refractivity (Wildman–Crippen MR) is 58.0 cm³/mol. The van der Waals surface area contributed by atoms with E-state index in [0.717, 1.165) is 6.42 Å². The van der Waals surface area contributed by atoms with Crippen molar-refractivity contribution < 1.29 is 19.4 Å². The number of ether oxygens (including phenoxy) is 1. The monoisotopic (exact) mass is 229 g/mol. The summed E-state index contributed by atoms with van der Waals surface area (Å²) in [6, 6.07) is -0.841. The van der Waals surface area contributed by atoms with E-state index in [1.54, 1.807) is 13.8 Å². The molecule has 0 aromatic heterocycles. The summed E-state index contributed by atoms with van der Waals surface area (Å²) in [6.07, 6.45) is 1.10. The zero-order chi connectivity index (χ0) is 12.3. The Kier molecular flexibility index (Phi) is 4.29. The molecule has 3 atom stereocenters. The molecule has 3 unspecified atom stereocenters. The second-order valence-electron chi connectivity index (χ2n) is 4.58. The van der Waals surface area contributed by atoms with Crippen molar-refractivity contribution in [3.63, 3.8) is 0 Å². The third-order valence-corrected chi connectivity index (χ3v) is 2.75. The van der Waals surface area contributed by atoms with Gasteiger partial charge in [0.25, 0.3) is 0 Å². The minimum absolute atomic E-state index is 0.0816. The Morgan fingerprint density at radius 3 is 2.38 bits per heavy atom. The smallest absolute Gasteiger partial charge is 0.326 e. The van der Waals surface area contributed by atoms with Gasteiger partial charge in [-0.3, -0.25) is 4.79 Å². The first-order valence-corrected chi connectivity index (χ1v) is 5.60. The number of carbonyl (C=O) groups excluding carboxylic acids is 1. The topological polar surface area (TPSA) is 75.6 Å². The Morgan fingerprint density at radius 1 is 1.38 bits per heavy atom. The van der Waals surface area contributed by atoms with E-state index in [9.17, 15) is 9.59 Å². The Labute approximate surface area is 95.2 Å². The van der Waals surface area contributed by atoms with Crippen LogP contribution in [0, 0.1) is 5.92 Å². The minimum atomic E-state index is -1.01. The summed E-state index contributed by atoms with van der Waals surface area (Å²) in [4.78, 5) is 22.6. The van der Waals surface area contributed by atoms with E-state index in [4.69, 9.17) is 9.84 Å². The number of rotatable bonds is 4. The van der Waals surface area contributed by atoms with Crippen LogP contribution in [0.5, 0.6) is 0 Å². The molecule has 1 amide bonds. The van der Waals surface area contributed by atoms with Gasteiger partial charge in [0, 0.05) is 0 Å². The summed E-state index contributed by atoms with van der Waals surface area (Å²) in [5.41, 5.74) is 0. The molecule has 0 saturated carbocycles. The quantitative estimate of drug-likeness (QED) is 0.747. The van der Waals surface area contributed by atoms with Gasteiger partial charge in [-0.05, 0) is 25.7 Å². The highest BCUT2D eigenvalue weighted by Crippen LogP contribution is 2.19. The fourth-order valence-electron chi connectivity index (χ4n) is 1.76. The average Bonchev–Trinajstić information content (AvgIpc) is 2.59. The van der Waals surface area contributed by atoms with Crippen LogP contribution in [0.4, 0.5) is 0 Å². The molecule has 0 radical (unpaired) electrons. The van der Waals surface area contributed by atoms with E-state index >= 15 is 0 Å². The zero-order valence-corrected chi connectivity index (χ0v) is 9.90. The lowest BCUT2D eigenvalue weighted by atomic mass is 10.0. The van der Waals surface area contributed by atoms with Crippen molar-refractivity contribution in [1.29, 1.82) is 0 Å². The fraction of sp³-hybridized carbons (Fsp3) is 0.818. The molecule has 0 aromatic carbocycles. The highest BCUT2D eigenvalue weighted by molar-refractivity contribution is 5.86. The van der Waals surface area contributed by atoms with Crippen LogP contribution >= 0.6 is 0 Å². The lowest BCUT2D eigenvalue weighted by molar-refractivity contribution is -0.145. The van der Waals surface area contributed by atoms with Crippen LogP contribution in [-0.2, 0) is 14.3 Å². The van der Waals surface area contributed by atoms with Gasteiger partial charge >= 0.3 is 5.97 Å². The summed E-state index contributed by atoms with van der Waals surface area (Å²) in [7, 11) is 0. The first-order valence-electron chi connectivity index (χ1n) is 5.60. The molecule has 1 aliphatic rings. The fourth-order valence-corrected chi connectivity index (χ4v) is 1.76. The standard InChI is InChI=1S/C11H19NO4/c1-6(2)9(11(14)15)12-10(13)8-5-4-7(3)16-8/h6-9H,4-5H2,1-3H3,(H,12,13)(H,14,15). The van der Waals surface area contributed by atoms with Crippen molar-refractivity contribution in [3.05, 3.63) is 0 Å². The van der Waals surface area contributed by atoms with E-state index in [0.29, 0.717) is 6.42 Å². The molecule has 1 saturated heterocycles. The van der Waals surface area contributed by atoms with Crippen LogP contribution in [0.25, 0.3) is 0 Å². The summed E-state index contributed by atoms with van der Waals surface area (Å²) >= 11 is 0. The average molecular weight is 229 g/mol. The first-order chi connectivity index (χ1) is 7.41. The molecule has 1 fully saturated rings.